The fourth-order valence-electron chi connectivity index (χ4n) is 5.04. The van der Waals surface area contributed by atoms with Gasteiger partial charge in [0.2, 0.25) is 0 Å². The smallest absolute Gasteiger partial charge is 0.334 e. The van der Waals surface area contributed by atoms with E-state index in [1.54, 1.807) is 48.5 Å². The van der Waals surface area contributed by atoms with Crippen molar-refractivity contribution in [2.75, 3.05) is 26.2 Å². The molecule has 3 heterocycles. The summed E-state index contributed by atoms with van der Waals surface area (Å²) in [6.07, 6.45) is -0.194. The highest BCUT2D eigenvalue weighted by Crippen LogP contribution is 2.35. The Balaban J connectivity index is 1.42. The van der Waals surface area contributed by atoms with Gasteiger partial charge in [-0.1, -0.05) is 35.9 Å². The third-order valence-electron chi connectivity index (χ3n) is 6.81. The Hall–Kier alpha value is -2.84. The van der Waals surface area contributed by atoms with E-state index in [0.717, 1.165) is 45.1 Å². The minimum atomic E-state index is -4.60. The van der Waals surface area contributed by atoms with Gasteiger partial charge in [0.15, 0.2) is 5.69 Å². The molecule has 0 aliphatic carbocycles. The van der Waals surface area contributed by atoms with Gasteiger partial charge in [-0.25, -0.2) is 4.68 Å². The van der Waals surface area contributed by atoms with Crippen molar-refractivity contribution in [3.8, 4) is 16.9 Å². The monoisotopic (exact) mass is 502 g/mol. The average Bonchev–Trinajstić information content (AvgIpc) is 3.60. The number of rotatable bonds is 5. The first-order chi connectivity index (χ1) is 16.8. The van der Waals surface area contributed by atoms with E-state index in [1.165, 1.54) is 17.5 Å². The number of carbonyl (C=O) groups excluding carboxylic acids is 1. The topological polar surface area (TPSA) is 41.4 Å². The van der Waals surface area contributed by atoms with E-state index in [-0.39, 0.29) is 22.7 Å². The predicted octanol–water partition coefficient (Wildman–Crippen LogP) is 5.91. The lowest BCUT2D eigenvalue weighted by molar-refractivity contribution is -0.141. The van der Waals surface area contributed by atoms with E-state index in [2.05, 4.69) is 10.00 Å². The van der Waals surface area contributed by atoms with Gasteiger partial charge in [0.1, 0.15) is 0 Å². The van der Waals surface area contributed by atoms with Gasteiger partial charge in [0.25, 0.3) is 5.91 Å². The van der Waals surface area contributed by atoms with Gasteiger partial charge in [0.05, 0.1) is 16.4 Å². The van der Waals surface area contributed by atoms with E-state index in [9.17, 15) is 18.0 Å². The second kappa shape index (κ2) is 9.66. The fourth-order valence-corrected chi connectivity index (χ4v) is 5.25. The number of benzene rings is 2. The van der Waals surface area contributed by atoms with Crippen molar-refractivity contribution in [1.29, 1.82) is 0 Å². The van der Waals surface area contributed by atoms with Gasteiger partial charge in [-0.15, -0.1) is 0 Å². The number of hydrogen-bond donors (Lipinski definition) is 0. The van der Waals surface area contributed by atoms with Crippen LogP contribution in [0.4, 0.5) is 13.2 Å². The van der Waals surface area contributed by atoms with E-state index >= 15 is 0 Å². The molecule has 1 amide bonds. The van der Waals surface area contributed by atoms with Crippen LogP contribution in [0.2, 0.25) is 5.02 Å². The highest BCUT2D eigenvalue weighted by molar-refractivity contribution is 6.32. The zero-order chi connectivity index (χ0) is 24.6. The van der Waals surface area contributed by atoms with Crippen molar-refractivity contribution in [2.24, 2.45) is 0 Å². The zero-order valence-corrected chi connectivity index (χ0v) is 19.9. The van der Waals surface area contributed by atoms with Crippen LogP contribution in [0.3, 0.4) is 0 Å². The average molecular weight is 503 g/mol. The lowest BCUT2D eigenvalue weighted by Crippen LogP contribution is -2.42. The lowest BCUT2D eigenvalue weighted by atomic mass is 10.1. The minimum Gasteiger partial charge on any atom is -0.334 e. The van der Waals surface area contributed by atoms with Crippen LogP contribution in [0.15, 0.2) is 54.6 Å². The van der Waals surface area contributed by atoms with Gasteiger partial charge in [0, 0.05) is 30.3 Å². The summed E-state index contributed by atoms with van der Waals surface area (Å²) in [5.74, 6) is -0.0335. The molecule has 1 atom stereocenters. The minimum absolute atomic E-state index is 0.0335. The Morgan fingerprint density at radius 1 is 1.00 bits per heavy atom. The van der Waals surface area contributed by atoms with Crippen molar-refractivity contribution in [2.45, 2.75) is 37.9 Å². The second-order valence-corrected chi connectivity index (χ2v) is 9.56. The summed E-state index contributed by atoms with van der Waals surface area (Å²) in [4.78, 5) is 17.6. The molecule has 0 N–H and O–H groups in total. The number of halogens is 4. The highest BCUT2D eigenvalue weighted by Gasteiger charge is 2.36. The van der Waals surface area contributed by atoms with Gasteiger partial charge >= 0.3 is 6.18 Å². The van der Waals surface area contributed by atoms with Crippen LogP contribution in [-0.4, -0.2) is 57.7 Å². The van der Waals surface area contributed by atoms with Crippen LogP contribution in [-0.2, 0) is 6.18 Å². The van der Waals surface area contributed by atoms with Crippen LogP contribution in [0.1, 0.15) is 41.7 Å². The van der Waals surface area contributed by atoms with Gasteiger partial charge in [-0.2, -0.15) is 18.3 Å². The lowest BCUT2D eigenvalue weighted by Gasteiger charge is -2.28. The Morgan fingerprint density at radius 3 is 2.40 bits per heavy atom. The van der Waals surface area contributed by atoms with Crippen LogP contribution in [0.5, 0.6) is 0 Å². The quantitative estimate of drug-likeness (QED) is 0.435. The molecule has 0 radical (unpaired) electrons. The largest absolute Gasteiger partial charge is 0.435 e. The summed E-state index contributed by atoms with van der Waals surface area (Å²) in [7, 11) is 0. The first-order valence-corrected chi connectivity index (χ1v) is 12.2. The number of carbonyl (C=O) groups is 1. The number of hydrogen-bond acceptors (Lipinski definition) is 3. The molecule has 2 aromatic carbocycles. The first-order valence-electron chi connectivity index (χ1n) is 11.9. The Kier molecular flexibility index (Phi) is 6.59. The SMILES string of the molecule is O=C(c1ccc(-c2cc(C(F)(F)F)nn2-c2ccccc2Cl)cc1)N1CCCC1CN1CCCC1. The molecule has 1 aromatic heterocycles. The molecule has 0 bridgehead atoms. The molecule has 1 unspecified atom stereocenters. The normalized spacial score (nSPS) is 19.0. The predicted molar refractivity (Wildman–Crippen MR) is 129 cm³/mol. The van der Waals surface area contributed by atoms with Crippen LogP contribution in [0.25, 0.3) is 16.9 Å². The van der Waals surface area contributed by atoms with Crippen molar-refractivity contribution in [3.63, 3.8) is 0 Å². The number of aromatic nitrogens is 2. The molecule has 2 aliphatic heterocycles. The molecule has 2 saturated heterocycles. The van der Waals surface area contributed by atoms with Crippen molar-refractivity contribution < 1.29 is 18.0 Å². The summed E-state index contributed by atoms with van der Waals surface area (Å²) in [5, 5.41) is 4.08. The van der Waals surface area contributed by atoms with Crippen molar-refractivity contribution in [3.05, 3.63) is 70.9 Å². The van der Waals surface area contributed by atoms with Crippen molar-refractivity contribution in [1.82, 2.24) is 19.6 Å². The van der Waals surface area contributed by atoms with Crippen molar-refractivity contribution >= 4 is 17.5 Å². The summed E-state index contributed by atoms with van der Waals surface area (Å²) < 4.78 is 41.6. The second-order valence-electron chi connectivity index (χ2n) is 9.16. The number of alkyl halides is 3. The maximum Gasteiger partial charge on any atom is 0.435 e. The molecule has 2 fully saturated rings. The van der Waals surface area contributed by atoms with Crippen LogP contribution < -0.4 is 0 Å². The number of para-hydroxylation sites is 1. The Bertz CT molecular complexity index is 1200. The summed E-state index contributed by atoms with van der Waals surface area (Å²) in [6, 6.07) is 14.5. The van der Waals surface area contributed by atoms with Gasteiger partial charge in [-0.3, -0.25) is 4.79 Å². The number of likely N-dealkylation sites (tertiary alicyclic amines) is 2. The summed E-state index contributed by atoms with van der Waals surface area (Å²) in [6.45, 7) is 3.81. The Labute approximate surface area is 207 Å². The third-order valence-corrected chi connectivity index (χ3v) is 7.13. The molecule has 0 spiro atoms. The standard InChI is InChI=1S/C26H26ClF3N4O/c27-21-7-1-2-8-22(21)34-23(16-24(31-34)26(28,29)30)18-9-11-19(12-10-18)25(35)33-15-5-6-20(33)17-32-13-3-4-14-32/h1-2,7-12,16,20H,3-6,13-15,17H2. The summed E-state index contributed by atoms with van der Waals surface area (Å²) >= 11 is 6.26. The molecule has 9 heteroatoms. The molecular weight excluding hydrogens is 477 g/mol. The Morgan fingerprint density at radius 2 is 1.71 bits per heavy atom. The van der Waals surface area contributed by atoms with Crippen LogP contribution in [0, 0.1) is 0 Å². The van der Waals surface area contributed by atoms with E-state index < -0.39 is 11.9 Å². The van der Waals surface area contributed by atoms with E-state index in [1.807, 2.05) is 4.90 Å². The molecule has 184 valence electrons. The van der Waals surface area contributed by atoms with Gasteiger partial charge in [-0.05, 0) is 69.1 Å². The first kappa shape index (κ1) is 23.9. The maximum atomic E-state index is 13.5. The molecule has 5 nitrogen and oxygen atoms in total. The number of amides is 1. The molecule has 0 saturated carbocycles. The zero-order valence-electron chi connectivity index (χ0n) is 19.1. The highest BCUT2D eigenvalue weighted by atomic mass is 35.5. The van der Waals surface area contributed by atoms with E-state index in [4.69, 9.17) is 11.6 Å². The molecule has 5 rings (SSSR count). The van der Waals surface area contributed by atoms with Gasteiger partial charge < -0.3 is 9.80 Å². The summed E-state index contributed by atoms with van der Waals surface area (Å²) in [5.41, 5.74) is 0.634. The number of nitrogens with zero attached hydrogens (tertiary/aromatic N) is 4. The third kappa shape index (κ3) is 4.95. The molecule has 3 aromatic rings. The molecule has 35 heavy (non-hydrogen) atoms. The maximum absolute atomic E-state index is 13.5. The molecular formula is C26H26ClF3N4O. The molecule has 2 aliphatic rings. The fraction of sp³-hybridized carbons (Fsp3) is 0.385. The van der Waals surface area contributed by atoms with Crippen LogP contribution >= 0.6 is 11.6 Å². The van der Waals surface area contributed by atoms with E-state index in [0.29, 0.717) is 16.8 Å².